The molecule has 1 fully saturated rings. The van der Waals surface area contributed by atoms with E-state index in [0.717, 1.165) is 5.56 Å². The Labute approximate surface area is 127 Å². The van der Waals surface area contributed by atoms with E-state index in [1.807, 2.05) is 29.2 Å². The quantitative estimate of drug-likeness (QED) is 0.853. The number of ether oxygens (including phenoxy) is 1. The SMILES string of the molecule is N#Cc1nccnc1N1CCOC(c2ccc(Cl)cc2)C1. The lowest BCUT2D eigenvalue weighted by atomic mass is 10.1. The molecule has 0 bridgehead atoms. The van der Waals surface area contributed by atoms with Gasteiger partial charge in [-0.3, -0.25) is 0 Å². The molecule has 1 aromatic heterocycles. The van der Waals surface area contributed by atoms with Crippen LogP contribution in [0.3, 0.4) is 0 Å². The molecule has 3 rings (SSSR count). The summed E-state index contributed by atoms with van der Waals surface area (Å²) in [6.07, 6.45) is 3.06. The van der Waals surface area contributed by atoms with Crippen LogP contribution in [0, 0.1) is 11.3 Å². The summed E-state index contributed by atoms with van der Waals surface area (Å²) in [5.74, 6) is 0.613. The molecule has 0 saturated carbocycles. The second-order valence-corrected chi connectivity index (χ2v) is 5.13. The van der Waals surface area contributed by atoms with Gasteiger partial charge in [0.25, 0.3) is 0 Å². The van der Waals surface area contributed by atoms with Crippen LogP contribution in [-0.2, 0) is 4.74 Å². The first kappa shape index (κ1) is 13.8. The van der Waals surface area contributed by atoms with Gasteiger partial charge in [0.05, 0.1) is 6.61 Å². The lowest BCUT2D eigenvalue weighted by Gasteiger charge is -2.34. The molecule has 106 valence electrons. The number of morpholine rings is 1. The van der Waals surface area contributed by atoms with Crippen molar-refractivity contribution in [3.05, 3.63) is 52.9 Å². The van der Waals surface area contributed by atoms with Crippen molar-refractivity contribution in [2.75, 3.05) is 24.6 Å². The van der Waals surface area contributed by atoms with Gasteiger partial charge in [0.15, 0.2) is 11.5 Å². The van der Waals surface area contributed by atoms with E-state index < -0.39 is 0 Å². The Morgan fingerprint density at radius 3 is 2.76 bits per heavy atom. The van der Waals surface area contributed by atoms with Gasteiger partial charge in [0.2, 0.25) is 0 Å². The molecule has 1 saturated heterocycles. The second-order valence-electron chi connectivity index (χ2n) is 4.70. The first-order chi connectivity index (χ1) is 10.3. The number of anilines is 1. The van der Waals surface area contributed by atoms with Crippen LogP contribution in [0.15, 0.2) is 36.7 Å². The number of benzene rings is 1. The van der Waals surface area contributed by atoms with E-state index in [1.54, 1.807) is 6.20 Å². The molecule has 0 N–H and O–H groups in total. The molecule has 0 amide bonds. The summed E-state index contributed by atoms with van der Waals surface area (Å²) in [6, 6.07) is 9.69. The fourth-order valence-corrected chi connectivity index (χ4v) is 2.49. The Morgan fingerprint density at radius 1 is 1.24 bits per heavy atom. The van der Waals surface area contributed by atoms with Crippen molar-refractivity contribution in [1.82, 2.24) is 9.97 Å². The first-order valence-corrected chi connectivity index (χ1v) is 6.99. The molecule has 2 aromatic rings. The Bertz CT molecular complexity index is 668. The van der Waals surface area contributed by atoms with Gasteiger partial charge in [0.1, 0.15) is 12.2 Å². The van der Waals surface area contributed by atoms with Crippen LogP contribution in [0.4, 0.5) is 5.82 Å². The number of aromatic nitrogens is 2. The van der Waals surface area contributed by atoms with Gasteiger partial charge < -0.3 is 9.64 Å². The van der Waals surface area contributed by atoms with Gasteiger partial charge in [-0.1, -0.05) is 23.7 Å². The molecule has 1 aromatic carbocycles. The van der Waals surface area contributed by atoms with Crippen LogP contribution >= 0.6 is 11.6 Å². The van der Waals surface area contributed by atoms with E-state index in [4.69, 9.17) is 21.6 Å². The maximum atomic E-state index is 9.14. The minimum Gasteiger partial charge on any atom is -0.370 e. The van der Waals surface area contributed by atoms with Crippen LogP contribution in [0.2, 0.25) is 5.02 Å². The number of nitriles is 1. The highest BCUT2D eigenvalue weighted by molar-refractivity contribution is 6.30. The highest BCUT2D eigenvalue weighted by Crippen LogP contribution is 2.26. The summed E-state index contributed by atoms with van der Waals surface area (Å²) >= 11 is 5.91. The summed E-state index contributed by atoms with van der Waals surface area (Å²) in [5.41, 5.74) is 1.40. The number of hydrogen-bond donors (Lipinski definition) is 0. The third kappa shape index (κ3) is 2.97. The molecule has 0 radical (unpaired) electrons. The van der Waals surface area contributed by atoms with Crippen LogP contribution < -0.4 is 4.90 Å². The summed E-state index contributed by atoms with van der Waals surface area (Å²) < 4.78 is 5.81. The van der Waals surface area contributed by atoms with E-state index in [1.165, 1.54) is 6.20 Å². The van der Waals surface area contributed by atoms with Crippen molar-refractivity contribution in [1.29, 1.82) is 5.26 Å². The van der Waals surface area contributed by atoms with Crippen molar-refractivity contribution in [2.45, 2.75) is 6.10 Å². The molecule has 21 heavy (non-hydrogen) atoms. The van der Waals surface area contributed by atoms with E-state index in [-0.39, 0.29) is 6.10 Å². The van der Waals surface area contributed by atoms with Gasteiger partial charge in [-0.05, 0) is 17.7 Å². The van der Waals surface area contributed by atoms with Crippen molar-refractivity contribution >= 4 is 17.4 Å². The predicted molar refractivity (Wildman–Crippen MR) is 79.1 cm³/mol. The van der Waals surface area contributed by atoms with Crippen LogP contribution in [0.5, 0.6) is 0 Å². The molecule has 1 atom stereocenters. The van der Waals surface area contributed by atoms with Gasteiger partial charge in [-0.2, -0.15) is 5.26 Å². The van der Waals surface area contributed by atoms with Crippen molar-refractivity contribution in [2.24, 2.45) is 0 Å². The molecule has 2 heterocycles. The molecule has 1 unspecified atom stereocenters. The van der Waals surface area contributed by atoms with Crippen LogP contribution in [-0.4, -0.2) is 29.7 Å². The van der Waals surface area contributed by atoms with Crippen molar-refractivity contribution < 1.29 is 4.74 Å². The number of halogens is 1. The molecule has 0 aliphatic carbocycles. The highest BCUT2D eigenvalue weighted by Gasteiger charge is 2.24. The maximum Gasteiger partial charge on any atom is 0.183 e. The highest BCUT2D eigenvalue weighted by atomic mass is 35.5. The van der Waals surface area contributed by atoms with E-state index >= 15 is 0 Å². The van der Waals surface area contributed by atoms with E-state index in [0.29, 0.717) is 36.2 Å². The maximum absolute atomic E-state index is 9.14. The molecule has 6 heteroatoms. The van der Waals surface area contributed by atoms with Crippen molar-refractivity contribution in [3.63, 3.8) is 0 Å². The summed E-state index contributed by atoms with van der Waals surface area (Å²) in [6.45, 7) is 1.90. The lowest BCUT2D eigenvalue weighted by molar-refractivity contribution is 0.0395. The van der Waals surface area contributed by atoms with Gasteiger partial charge in [-0.15, -0.1) is 0 Å². The minimum atomic E-state index is -0.0652. The summed E-state index contributed by atoms with van der Waals surface area (Å²) in [4.78, 5) is 10.4. The van der Waals surface area contributed by atoms with E-state index in [9.17, 15) is 0 Å². The van der Waals surface area contributed by atoms with Crippen LogP contribution in [0.1, 0.15) is 17.4 Å². The second kappa shape index (κ2) is 6.08. The normalized spacial score (nSPS) is 18.3. The fraction of sp³-hybridized carbons (Fsp3) is 0.267. The predicted octanol–water partition coefficient (Wildman–Crippen LogP) is 2.58. The molecular formula is C15H13ClN4O. The smallest absolute Gasteiger partial charge is 0.183 e. The molecular weight excluding hydrogens is 288 g/mol. The zero-order valence-corrected chi connectivity index (χ0v) is 12.0. The third-order valence-electron chi connectivity index (χ3n) is 3.39. The Balaban J connectivity index is 1.83. The Morgan fingerprint density at radius 2 is 2.00 bits per heavy atom. The summed E-state index contributed by atoms with van der Waals surface area (Å²) in [7, 11) is 0. The fourth-order valence-electron chi connectivity index (χ4n) is 2.36. The first-order valence-electron chi connectivity index (χ1n) is 6.61. The monoisotopic (exact) mass is 300 g/mol. The Hall–Kier alpha value is -2.16. The van der Waals surface area contributed by atoms with Gasteiger partial charge in [0, 0.05) is 30.5 Å². The molecule has 5 nitrogen and oxygen atoms in total. The summed E-state index contributed by atoms with van der Waals surface area (Å²) in [5, 5.41) is 9.84. The lowest BCUT2D eigenvalue weighted by Crippen LogP contribution is -2.39. The zero-order chi connectivity index (χ0) is 14.7. The number of nitrogens with zero attached hydrogens (tertiary/aromatic N) is 4. The molecule has 1 aliphatic heterocycles. The Kier molecular flexibility index (Phi) is 4.00. The molecule has 1 aliphatic rings. The number of rotatable bonds is 2. The standard InChI is InChI=1S/C15H13ClN4O/c16-12-3-1-11(2-4-12)14-10-20(7-8-21-14)15-13(9-17)18-5-6-19-15/h1-6,14H,7-8,10H2. The van der Waals surface area contributed by atoms with Gasteiger partial charge >= 0.3 is 0 Å². The van der Waals surface area contributed by atoms with Crippen LogP contribution in [0.25, 0.3) is 0 Å². The van der Waals surface area contributed by atoms with Gasteiger partial charge in [-0.25, -0.2) is 9.97 Å². The van der Waals surface area contributed by atoms with Crippen molar-refractivity contribution in [3.8, 4) is 6.07 Å². The molecule has 0 spiro atoms. The number of hydrogen-bond acceptors (Lipinski definition) is 5. The topological polar surface area (TPSA) is 62.0 Å². The van der Waals surface area contributed by atoms with E-state index in [2.05, 4.69) is 16.0 Å². The third-order valence-corrected chi connectivity index (χ3v) is 3.64. The average Bonchev–Trinajstić information content (AvgIpc) is 2.55. The minimum absolute atomic E-state index is 0.0652. The average molecular weight is 301 g/mol. The zero-order valence-electron chi connectivity index (χ0n) is 11.2. The largest absolute Gasteiger partial charge is 0.370 e.